The quantitative estimate of drug-likeness (QED) is 0.934. The monoisotopic (exact) mass is 339 g/mol. The highest BCUT2D eigenvalue weighted by molar-refractivity contribution is 7.15. The summed E-state index contributed by atoms with van der Waals surface area (Å²) in [6, 6.07) is 3.59. The lowest BCUT2D eigenvalue weighted by atomic mass is 9.88. The maximum Gasteiger partial charge on any atom is 0.180 e. The summed E-state index contributed by atoms with van der Waals surface area (Å²) in [5, 5.41) is 5.02. The summed E-state index contributed by atoms with van der Waals surface area (Å²) < 4.78 is 2.05. The Hall–Kier alpha value is -1.11. The molecular formula is C15H22ClN5S. The van der Waals surface area contributed by atoms with Gasteiger partial charge >= 0.3 is 0 Å². The van der Waals surface area contributed by atoms with Crippen LogP contribution in [0.15, 0.2) is 18.5 Å². The number of thiazole rings is 1. The van der Waals surface area contributed by atoms with E-state index < -0.39 is 0 Å². The van der Waals surface area contributed by atoms with Crippen molar-refractivity contribution in [3.05, 3.63) is 29.0 Å². The molecule has 2 aromatic heterocycles. The largest absolute Gasteiger partial charge is 0.375 e. The van der Waals surface area contributed by atoms with Crippen LogP contribution in [0.2, 0.25) is 0 Å². The Bertz CT molecular complexity index is 625. The fourth-order valence-corrected chi connectivity index (χ4v) is 4.83. The predicted molar refractivity (Wildman–Crippen MR) is 91.3 cm³/mol. The van der Waals surface area contributed by atoms with Gasteiger partial charge in [0, 0.05) is 54.6 Å². The Balaban J connectivity index is 0.00000144. The van der Waals surface area contributed by atoms with Gasteiger partial charge in [0.25, 0.3) is 0 Å². The van der Waals surface area contributed by atoms with Gasteiger partial charge in [-0.25, -0.2) is 4.98 Å². The number of fused-ring (bicyclic) bond motifs is 2. The van der Waals surface area contributed by atoms with Gasteiger partial charge in [-0.1, -0.05) is 0 Å². The molecule has 0 amide bonds. The average Bonchev–Trinajstić information content (AvgIpc) is 3.11. The zero-order valence-corrected chi connectivity index (χ0v) is 14.3. The van der Waals surface area contributed by atoms with E-state index in [0.29, 0.717) is 23.1 Å². The fraction of sp³-hybridized carbons (Fsp3) is 0.600. The topological polar surface area (TPSA) is 60.0 Å². The van der Waals surface area contributed by atoms with Crippen molar-refractivity contribution in [2.45, 2.75) is 50.2 Å². The number of rotatable bonds is 3. The summed E-state index contributed by atoms with van der Waals surface area (Å²) >= 11 is 1.63. The number of anilines is 1. The van der Waals surface area contributed by atoms with Gasteiger partial charge in [-0.05, 0) is 31.7 Å². The van der Waals surface area contributed by atoms with Gasteiger partial charge < -0.3 is 5.73 Å². The summed E-state index contributed by atoms with van der Waals surface area (Å²) in [5.74, 6) is 0.665. The Morgan fingerprint density at radius 3 is 2.59 bits per heavy atom. The third-order valence-electron chi connectivity index (χ3n) is 5.07. The number of halogens is 1. The van der Waals surface area contributed by atoms with Crippen LogP contribution in [-0.2, 0) is 13.6 Å². The van der Waals surface area contributed by atoms with Crippen LogP contribution >= 0.6 is 23.7 Å². The van der Waals surface area contributed by atoms with Crippen LogP contribution in [0.3, 0.4) is 0 Å². The third-order valence-corrected chi connectivity index (χ3v) is 5.88. The molecule has 2 fully saturated rings. The molecule has 5 nitrogen and oxygen atoms in total. The predicted octanol–water partition coefficient (Wildman–Crippen LogP) is 2.79. The second-order valence-electron chi connectivity index (χ2n) is 6.27. The number of nitrogens with zero attached hydrogens (tertiary/aromatic N) is 4. The second kappa shape index (κ2) is 6.18. The molecule has 120 valence electrons. The van der Waals surface area contributed by atoms with Gasteiger partial charge in [0.1, 0.15) is 0 Å². The van der Waals surface area contributed by atoms with Gasteiger partial charge in [-0.3, -0.25) is 9.58 Å². The lowest BCUT2D eigenvalue weighted by molar-refractivity contribution is 0.117. The number of aromatic nitrogens is 3. The van der Waals surface area contributed by atoms with Gasteiger partial charge in [0.05, 0.1) is 0 Å². The van der Waals surface area contributed by atoms with Crippen LogP contribution in [0.25, 0.3) is 0 Å². The molecule has 2 atom stereocenters. The van der Waals surface area contributed by atoms with E-state index in [1.54, 1.807) is 11.3 Å². The Morgan fingerprint density at radius 1 is 1.32 bits per heavy atom. The number of nitrogens with two attached hydrogens (primary N) is 1. The van der Waals surface area contributed by atoms with E-state index in [2.05, 4.69) is 28.1 Å². The molecule has 7 heteroatoms. The maximum atomic E-state index is 5.75. The Labute approximate surface area is 140 Å². The van der Waals surface area contributed by atoms with Crippen molar-refractivity contribution in [3.63, 3.8) is 0 Å². The van der Waals surface area contributed by atoms with Crippen molar-refractivity contribution in [2.75, 3.05) is 5.73 Å². The molecule has 2 aromatic rings. The molecule has 0 saturated carbocycles. The van der Waals surface area contributed by atoms with Crippen LogP contribution in [0.4, 0.5) is 5.13 Å². The van der Waals surface area contributed by atoms with E-state index >= 15 is 0 Å². The molecular weight excluding hydrogens is 318 g/mol. The SMILES string of the molecule is Cl.Cn1nccc1C1CC2CCC(C1)N2Cc1cnc(N)s1. The van der Waals surface area contributed by atoms with Crippen LogP contribution < -0.4 is 5.73 Å². The molecule has 4 heterocycles. The van der Waals surface area contributed by atoms with E-state index in [0.717, 1.165) is 6.54 Å². The van der Waals surface area contributed by atoms with Crippen LogP contribution in [0.5, 0.6) is 0 Å². The lowest BCUT2D eigenvalue weighted by Crippen LogP contribution is -2.41. The van der Waals surface area contributed by atoms with Gasteiger partial charge in [0.15, 0.2) is 5.13 Å². The van der Waals surface area contributed by atoms with Crippen molar-refractivity contribution < 1.29 is 0 Å². The van der Waals surface area contributed by atoms with E-state index in [1.807, 2.05) is 17.1 Å². The molecule has 2 aliphatic rings. The zero-order chi connectivity index (χ0) is 14.4. The van der Waals surface area contributed by atoms with Gasteiger partial charge in [0.2, 0.25) is 0 Å². The van der Waals surface area contributed by atoms with Gasteiger partial charge in [-0.2, -0.15) is 5.10 Å². The molecule has 0 aliphatic carbocycles. The number of hydrogen-bond acceptors (Lipinski definition) is 5. The highest BCUT2D eigenvalue weighted by Gasteiger charge is 2.41. The van der Waals surface area contributed by atoms with Crippen molar-refractivity contribution in [1.82, 2.24) is 19.7 Å². The smallest absolute Gasteiger partial charge is 0.180 e. The normalized spacial score (nSPS) is 27.8. The van der Waals surface area contributed by atoms with Crippen LogP contribution in [0.1, 0.15) is 42.2 Å². The number of nitrogen functional groups attached to an aromatic ring is 1. The average molecular weight is 340 g/mol. The first-order chi connectivity index (χ1) is 10.2. The summed E-state index contributed by atoms with van der Waals surface area (Å²) in [6.45, 7) is 1.02. The first kappa shape index (κ1) is 15.8. The minimum Gasteiger partial charge on any atom is -0.375 e. The Morgan fingerprint density at radius 2 is 2.05 bits per heavy atom. The molecule has 2 bridgehead atoms. The summed E-state index contributed by atoms with van der Waals surface area (Å²) in [6.07, 6.45) is 9.02. The number of hydrogen-bond donors (Lipinski definition) is 1. The molecule has 0 radical (unpaired) electrons. The first-order valence-corrected chi connectivity index (χ1v) is 8.46. The highest BCUT2D eigenvalue weighted by atomic mass is 35.5. The summed E-state index contributed by atoms with van der Waals surface area (Å²) in [4.78, 5) is 8.15. The van der Waals surface area contributed by atoms with E-state index in [1.165, 1.54) is 36.3 Å². The van der Waals surface area contributed by atoms with E-state index in [9.17, 15) is 0 Å². The maximum absolute atomic E-state index is 5.75. The zero-order valence-electron chi connectivity index (χ0n) is 12.7. The minimum atomic E-state index is 0. The van der Waals surface area contributed by atoms with Gasteiger partial charge in [-0.15, -0.1) is 23.7 Å². The van der Waals surface area contributed by atoms with Crippen LogP contribution in [0, 0.1) is 0 Å². The van der Waals surface area contributed by atoms with Crippen molar-refractivity contribution in [1.29, 1.82) is 0 Å². The van der Waals surface area contributed by atoms with Crippen molar-refractivity contribution >= 4 is 28.9 Å². The summed E-state index contributed by atoms with van der Waals surface area (Å²) in [5.41, 5.74) is 7.15. The molecule has 2 unspecified atom stereocenters. The number of piperidine rings is 1. The second-order valence-corrected chi connectivity index (χ2v) is 7.42. The molecule has 22 heavy (non-hydrogen) atoms. The van der Waals surface area contributed by atoms with E-state index in [-0.39, 0.29) is 12.4 Å². The number of aryl methyl sites for hydroxylation is 1. The molecule has 2 aliphatic heterocycles. The molecule has 0 aromatic carbocycles. The van der Waals surface area contributed by atoms with Crippen molar-refractivity contribution in [2.24, 2.45) is 7.05 Å². The molecule has 2 saturated heterocycles. The first-order valence-electron chi connectivity index (χ1n) is 7.64. The molecule has 0 spiro atoms. The fourth-order valence-electron chi connectivity index (χ4n) is 4.13. The lowest BCUT2D eigenvalue weighted by Gasteiger charge is -2.38. The molecule has 4 rings (SSSR count). The van der Waals surface area contributed by atoms with Crippen molar-refractivity contribution in [3.8, 4) is 0 Å². The molecule has 2 N–H and O–H groups in total. The Kier molecular flexibility index (Phi) is 4.43. The summed E-state index contributed by atoms with van der Waals surface area (Å²) in [7, 11) is 2.06. The third kappa shape index (κ3) is 2.75. The standard InChI is InChI=1S/C15H21N5S.ClH/c1-19-14(4-5-18-19)10-6-11-2-3-12(7-10)20(11)9-13-8-17-15(16)21-13;/h4-5,8,10-12H,2-3,6-7,9H2,1H3,(H2,16,17);1H. The van der Waals surface area contributed by atoms with Crippen LogP contribution in [-0.4, -0.2) is 31.7 Å². The highest BCUT2D eigenvalue weighted by Crippen LogP contribution is 2.43. The minimum absolute atomic E-state index is 0. The van der Waals surface area contributed by atoms with E-state index in [4.69, 9.17) is 5.73 Å².